The molecule has 20 heavy (non-hydrogen) atoms. The lowest BCUT2D eigenvalue weighted by Crippen LogP contribution is -2.30. The largest absolute Gasteiger partial charge is 0.352 e. The third-order valence-corrected chi connectivity index (χ3v) is 3.32. The van der Waals surface area contributed by atoms with Crippen LogP contribution in [0.2, 0.25) is 0 Å². The van der Waals surface area contributed by atoms with E-state index in [1.807, 2.05) is 6.92 Å². The number of nitrogens with one attached hydrogen (secondary N) is 1. The molecule has 3 nitrogen and oxygen atoms in total. The zero-order chi connectivity index (χ0) is 14.5. The van der Waals surface area contributed by atoms with Gasteiger partial charge in [0.25, 0.3) is 5.91 Å². The second kappa shape index (κ2) is 6.43. The summed E-state index contributed by atoms with van der Waals surface area (Å²) in [7, 11) is 0. The minimum absolute atomic E-state index is 0.154. The van der Waals surface area contributed by atoms with Crippen LogP contribution in [0.1, 0.15) is 22.8 Å². The van der Waals surface area contributed by atoms with Gasteiger partial charge in [0.05, 0.1) is 5.56 Å². The zero-order valence-corrected chi connectivity index (χ0v) is 11.9. The van der Waals surface area contributed by atoms with Gasteiger partial charge in [0.1, 0.15) is 10.5 Å². The molecule has 2 rings (SSSR count). The molecule has 0 aliphatic rings. The summed E-state index contributed by atoms with van der Waals surface area (Å²) in [6.45, 7) is 2.77. The van der Waals surface area contributed by atoms with Crippen molar-refractivity contribution in [2.24, 2.45) is 0 Å². The molecule has 0 unspecified atom stereocenters. The molecule has 0 radical (unpaired) electrons. The standard InChI is InChI=1S/C15H15FN2OS/c1-2-18(10-11-5-3-6-12(16)9-11)15(19)13-7-4-8-17-14(13)20/h3-9H,2,10H2,1H3,(H,17,20). The first-order chi connectivity index (χ1) is 9.61. The number of halogens is 1. The highest BCUT2D eigenvalue weighted by Crippen LogP contribution is 2.11. The summed E-state index contributed by atoms with van der Waals surface area (Å²) in [4.78, 5) is 16.9. The third-order valence-electron chi connectivity index (χ3n) is 2.98. The Morgan fingerprint density at radius 1 is 1.35 bits per heavy atom. The molecule has 104 valence electrons. The topological polar surface area (TPSA) is 36.1 Å². The van der Waals surface area contributed by atoms with Crippen LogP contribution in [0.5, 0.6) is 0 Å². The molecular weight excluding hydrogens is 275 g/mol. The summed E-state index contributed by atoms with van der Waals surface area (Å²) in [6, 6.07) is 9.67. The van der Waals surface area contributed by atoms with Crippen molar-refractivity contribution in [1.29, 1.82) is 0 Å². The Morgan fingerprint density at radius 2 is 2.15 bits per heavy atom. The lowest BCUT2D eigenvalue weighted by molar-refractivity contribution is 0.0751. The Balaban J connectivity index is 2.23. The van der Waals surface area contributed by atoms with E-state index >= 15 is 0 Å². The van der Waals surface area contributed by atoms with Crippen molar-refractivity contribution in [3.63, 3.8) is 0 Å². The molecule has 0 bridgehead atoms. The fourth-order valence-corrected chi connectivity index (χ4v) is 2.17. The highest BCUT2D eigenvalue weighted by Gasteiger charge is 2.16. The number of hydrogen-bond donors (Lipinski definition) is 1. The van der Waals surface area contributed by atoms with Crippen molar-refractivity contribution in [3.8, 4) is 0 Å². The molecule has 0 fully saturated rings. The van der Waals surface area contributed by atoms with Gasteiger partial charge >= 0.3 is 0 Å². The van der Waals surface area contributed by atoms with Gasteiger partial charge in [-0.05, 0) is 36.8 Å². The first-order valence-corrected chi connectivity index (χ1v) is 6.74. The second-order valence-corrected chi connectivity index (χ2v) is 4.77. The van der Waals surface area contributed by atoms with Crippen molar-refractivity contribution in [2.75, 3.05) is 6.54 Å². The Morgan fingerprint density at radius 3 is 2.80 bits per heavy atom. The van der Waals surface area contributed by atoms with Gasteiger partial charge in [0, 0.05) is 19.3 Å². The van der Waals surface area contributed by atoms with Gasteiger partial charge in [-0.15, -0.1) is 0 Å². The summed E-state index contributed by atoms with van der Waals surface area (Å²) in [5.41, 5.74) is 1.21. The first-order valence-electron chi connectivity index (χ1n) is 6.33. The van der Waals surface area contributed by atoms with E-state index in [1.54, 1.807) is 35.4 Å². The summed E-state index contributed by atoms with van der Waals surface area (Å²) in [6.07, 6.45) is 1.68. The smallest absolute Gasteiger partial charge is 0.257 e. The molecule has 0 saturated carbocycles. The normalized spacial score (nSPS) is 10.3. The molecular formula is C15H15FN2OS. The van der Waals surface area contributed by atoms with Crippen molar-refractivity contribution >= 4 is 18.1 Å². The third kappa shape index (κ3) is 3.30. The maximum Gasteiger partial charge on any atom is 0.257 e. The van der Waals surface area contributed by atoms with Gasteiger partial charge in [-0.3, -0.25) is 4.79 Å². The number of carbonyl (C=O) groups excluding carboxylic acids is 1. The van der Waals surface area contributed by atoms with Gasteiger partial charge in [0.15, 0.2) is 0 Å². The van der Waals surface area contributed by atoms with Crippen LogP contribution >= 0.6 is 12.2 Å². The molecule has 1 N–H and O–H groups in total. The van der Waals surface area contributed by atoms with Crippen LogP contribution in [0, 0.1) is 10.5 Å². The maximum absolute atomic E-state index is 13.2. The average Bonchev–Trinajstić information content (AvgIpc) is 2.44. The van der Waals surface area contributed by atoms with Crippen LogP contribution in [-0.4, -0.2) is 22.3 Å². The molecule has 1 heterocycles. The van der Waals surface area contributed by atoms with E-state index in [1.165, 1.54) is 12.1 Å². The van der Waals surface area contributed by atoms with E-state index in [9.17, 15) is 9.18 Å². The van der Waals surface area contributed by atoms with Gasteiger partial charge < -0.3 is 9.88 Å². The highest BCUT2D eigenvalue weighted by molar-refractivity contribution is 7.71. The minimum Gasteiger partial charge on any atom is -0.352 e. The number of amides is 1. The van der Waals surface area contributed by atoms with Gasteiger partial charge in [-0.25, -0.2) is 4.39 Å². The van der Waals surface area contributed by atoms with Crippen LogP contribution in [0.4, 0.5) is 4.39 Å². The summed E-state index contributed by atoms with van der Waals surface area (Å²) in [5.74, 6) is -0.457. The monoisotopic (exact) mass is 290 g/mol. The number of hydrogen-bond acceptors (Lipinski definition) is 2. The van der Waals surface area contributed by atoms with E-state index in [-0.39, 0.29) is 11.7 Å². The minimum atomic E-state index is -0.303. The molecule has 0 saturated heterocycles. The molecule has 0 aliphatic heterocycles. The molecule has 1 aromatic heterocycles. The summed E-state index contributed by atoms with van der Waals surface area (Å²) >= 11 is 5.12. The number of aromatic nitrogens is 1. The molecule has 0 atom stereocenters. The summed E-state index contributed by atoms with van der Waals surface area (Å²) < 4.78 is 13.6. The van der Waals surface area contributed by atoms with Crippen molar-refractivity contribution < 1.29 is 9.18 Å². The molecule has 0 spiro atoms. The predicted octanol–water partition coefficient (Wildman–Crippen LogP) is 3.55. The van der Waals surface area contributed by atoms with Crippen LogP contribution in [0.25, 0.3) is 0 Å². The second-order valence-electron chi connectivity index (χ2n) is 4.36. The van der Waals surface area contributed by atoms with E-state index in [0.29, 0.717) is 23.3 Å². The molecule has 0 aliphatic carbocycles. The number of nitrogens with zero attached hydrogens (tertiary/aromatic N) is 1. The van der Waals surface area contributed by atoms with Crippen LogP contribution in [0.15, 0.2) is 42.6 Å². The molecule has 1 aromatic carbocycles. The number of carbonyl (C=O) groups is 1. The highest BCUT2D eigenvalue weighted by atomic mass is 32.1. The first kappa shape index (κ1) is 14.4. The Labute approximate surface area is 122 Å². The van der Waals surface area contributed by atoms with Crippen LogP contribution < -0.4 is 0 Å². The molecule has 2 aromatic rings. The van der Waals surface area contributed by atoms with E-state index < -0.39 is 0 Å². The molecule has 5 heteroatoms. The van der Waals surface area contributed by atoms with Crippen LogP contribution in [-0.2, 0) is 6.54 Å². The van der Waals surface area contributed by atoms with Crippen molar-refractivity contribution in [2.45, 2.75) is 13.5 Å². The van der Waals surface area contributed by atoms with E-state index in [4.69, 9.17) is 12.2 Å². The number of H-pyrrole nitrogens is 1. The number of aromatic amines is 1. The fraction of sp³-hybridized carbons (Fsp3) is 0.200. The zero-order valence-electron chi connectivity index (χ0n) is 11.1. The van der Waals surface area contributed by atoms with Crippen molar-refractivity contribution in [1.82, 2.24) is 9.88 Å². The van der Waals surface area contributed by atoms with E-state index in [2.05, 4.69) is 4.98 Å². The number of pyridine rings is 1. The molecule has 1 amide bonds. The average molecular weight is 290 g/mol. The number of benzene rings is 1. The quantitative estimate of drug-likeness (QED) is 0.874. The summed E-state index contributed by atoms with van der Waals surface area (Å²) in [5, 5.41) is 0. The lowest BCUT2D eigenvalue weighted by Gasteiger charge is -2.21. The Kier molecular flexibility index (Phi) is 4.63. The van der Waals surface area contributed by atoms with Gasteiger partial charge in [-0.1, -0.05) is 24.4 Å². The number of rotatable bonds is 4. The Bertz CT molecular complexity index is 669. The predicted molar refractivity (Wildman–Crippen MR) is 78.4 cm³/mol. The van der Waals surface area contributed by atoms with Crippen molar-refractivity contribution in [3.05, 3.63) is 64.2 Å². The van der Waals surface area contributed by atoms with Gasteiger partial charge in [0.2, 0.25) is 0 Å². The van der Waals surface area contributed by atoms with Gasteiger partial charge in [-0.2, -0.15) is 0 Å². The SMILES string of the molecule is CCN(Cc1cccc(F)c1)C(=O)c1ccc[nH]c1=S. The maximum atomic E-state index is 13.2. The van der Waals surface area contributed by atoms with E-state index in [0.717, 1.165) is 5.56 Å². The lowest BCUT2D eigenvalue weighted by atomic mass is 10.2. The fourth-order valence-electron chi connectivity index (χ4n) is 1.94. The Hall–Kier alpha value is -2.01. The van der Waals surface area contributed by atoms with Crippen LogP contribution in [0.3, 0.4) is 0 Å².